The summed E-state index contributed by atoms with van der Waals surface area (Å²) >= 11 is 0. The number of carbonyl (C=O) groups is 3. The first-order valence-corrected chi connectivity index (χ1v) is 8.12. The molecule has 2 amide bonds. The Morgan fingerprint density at radius 2 is 1.96 bits per heavy atom. The molecule has 10 nitrogen and oxygen atoms in total. The van der Waals surface area contributed by atoms with Gasteiger partial charge in [0.2, 0.25) is 0 Å². The van der Waals surface area contributed by atoms with Crippen molar-refractivity contribution in [3.63, 3.8) is 0 Å². The fourth-order valence-electron chi connectivity index (χ4n) is 2.58. The van der Waals surface area contributed by atoms with E-state index in [9.17, 15) is 19.5 Å². The molecule has 26 heavy (non-hydrogen) atoms. The van der Waals surface area contributed by atoms with E-state index in [-0.39, 0.29) is 24.6 Å². The molecule has 0 bridgehead atoms. The third kappa shape index (κ3) is 4.38. The van der Waals surface area contributed by atoms with Gasteiger partial charge in [-0.25, -0.2) is 9.59 Å². The third-order valence-corrected chi connectivity index (χ3v) is 3.85. The lowest BCUT2D eigenvalue weighted by atomic mass is 9.99. The van der Waals surface area contributed by atoms with E-state index in [1.807, 2.05) is 0 Å². The molecular formula is C16H23N5O5. The van der Waals surface area contributed by atoms with Crippen molar-refractivity contribution in [2.75, 3.05) is 25.0 Å². The molecule has 1 fully saturated rings. The zero-order valence-corrected chi connectivity index (χ0v) is 15.2. The number of nitrogens with one attached hydrogen (secondary N) is 2. The smallest absolute Gasteiger partial charge is 0.408 e. The molecule has 1 aromatic rings. The van der Waals surface area contributed by atoms with Gasteiger partial charge in [-0.05, 0) is 32.9 Å². The van der Waals surface area contributed by atoms with Crippen molar-refractivity contribution >= 4 is 23.8 Å². The summed E-state index contributed by atoms with van der Waals surface area (Å²) in [4.78, 5) is 37.0. The normalized spacial score (nSPS) is 19.8. The van der Waals surface area contributed by atoms with Gasteiger partial charge in [-0.3, -0.25) is 4.79 Å². The Kier molecular flexibility index (Phi) is 5.33. The molecule has 1 aromatic heterocycles. The van der Waals surface area contributed by atoms with Crippen molar-refractivity contribution in [1.29, 1.82) is 0 Å². The first kappa shape index (κ1) is 19.4. The van der Waals surface area contributed by atoms with Gasteiger partial charge < -0.3 is 25.4 Å². The Morgan fingerprint density at radius 3 is 2.46 bits per heavy atom. The fraction of sp³-hybridized carbons (Fsp3) is 0.562. The predicted octanol–water partition coefficient (Wildman–Crippen LogP) is 0.394. The van der Waals surface area contributed by atoms with Crippen molar-refractivity contribution < 1.29 is 24.2 Å². The van der Waals surface area contributed by atoms with Crippen LogP contribution in [-0.2, 0) is 9.53 Å². The second-order valence-electron chi connectivity index (χ2n) is 7.04. The number of aliphatic carboxylic acids is 1. The number of hydrogen-bond acceptors (Lipinski definition) is 7. The van der Waals surface area contributed by atoms with E-state index in [0.717, 1.165) is 0 Å². The Balaban J connectivity index is 2.12. The minimum atomic E-state index is -1.48. The zero-order chi connectivity index (χ0) is 19.5. The summed E-state index contributed by atoms with van der Waals surface area (Å²) in [6.07, 6.45) is -0.608. The largest absolute Gasteiger partial charge is 0.479 e. The summed E-state index contributed by atoms with van der Waals surface area (Å²) in [5.74, 6) is -1.09. The molecule has 1 aliphatic heterocycles. The monoisotopic (exact) mass is 365 g/mol. The van der Waals surface area contributed by atoms with Crippen molar-refractivity contribution in [1.82, 2.24) is 20.8 Å². The van der Waals surface area contributed by atoms with E-state index in [1.165, 1.54) is 13.1 Å². The number of carboxylic acids is 1. The second-order valence-corrected chi connectivity index (χ2v) is 7.04. The molecule has 3 N–H and O–H groups in total. The molecule has 10 heteroatoms. The van der Waals surface area contributed by atoms with Gasteiger partial charge in [0.15, 0.2) is 17.1 Å². The number of nitrogens with zero attached hydrogens (tertiary/aromatic N) is 3. The maximum Gasteiger partial charge on any atom is 0.408 e. The van der Waals surface area contributed by atoms with Crippen LogP contribution < -0.4 is 15.5 Å². The van der Waals surface area contributed by atoms with Crippen LogP contribution in [0, 0.1) is 0 Å². The molecule has 1 atom stereocenters. The number of ether oxygens (including phenoxy) is 1. The summed E-state index contributed by atoms with van der Waals surface area (Å²) in [6, 6.07) is 3.09. The quantitative estimate of drug-likeness (QED) is 0.698. The standard InChI is InChI=1S/C16H23N5O5/c1-15(2,3)26-14(25)18-16(13(23)24)7-8-21(9-16)11-6-5-10(19-20-11)12(22)17-4/h5-6H,7-9H2,1-4H3,(H,17,22)(H,18,25)(H,23,24). The molecule has 0 aliphatic carbocycles. The van der Waals surface area contributed by atoms with E-state index in [1.54, 1.807) is 31.7 Å². The number of hydrogen-bond donors (Lipinski definition) is 3. The van der Waals surface area contributed by atoms with Gasteiger partial charge in [0.1, 0.15) is 5.60 Å². The molecule has 2 heterocycles. The first-order valence-electron chi connectivity index (χ1n) is 8.12. The maximum atomic E-state index is 12.0. The number of carboxylic acid groups (broad SMARTS) is 1. The summed E-state index contributed by atoms with van der Waals surface area (Å²) in [7, 11) is 1.49. The van der Waals surface area contributed by atoms with Gasteiger partial charge in [0.25, 0.3) is 5.91 Å². The van der Waals surface area contributed by atoms with Crippen LogP contribution in [0.2, 0.25) is 0 Å². The highest BCUT2D eigenvalue weighted by atomic mass is 16.6. The molecule has 0 saturated carbocycles. The van der Waals surface area contributed by atoms with Gasteiger partial charge in [-0.15, -0.1) is 10.2 Å². The van der Waals surface area contributed by atoms with Crippen molar-refractivity contribution in [3.8, 4) is 0 Å². The Labute approximate surface area is 150 Å². The topological polar surface area (TPSA) is 134 Å². The van der Waals surface area contributed by atoms with Crippen molar-refractivity contribution in [2.45, 2.75) is 38.3 Å². The lowest BCUT2D eigenvalue weighted by molar-refractivity contribution is -0.143. The van der Waals surface area contributed by atoms with E-state index in [4.69, 9.17) is 4.74 Å². The minimum Gasteiger partial charge on any atom is -0.479 e. The summed E-state index contributed by atoms with van der Waals surface area (Å²) in [6.45, 7) is 5.46. The number of aromatic nitrogens is 2. The molecule has 0 spiro atoms. The van der Waals surface area contributed by atoms with Crippen LogP contribution in [-0.4, -0.2) is 64.6 Å². The average molecular weight is 365 g/mol. The first-order chi connectivity index (χ1) is 12.1. The molecule has 1 saturated heterocycles. The molecule has 2 rings (SSSR count). The number of amides is 2. The molecule has 0 radical (unpaired) electrons. The number of rotatable bonds is 4. The molecule has 142 valence electrons. The molecule has 1 aliphatic rings. The van der Waals surface area contributed by atoms with Crippen molar-refractivity contribution in [3.05, 3.63) is 17.8 Å². The van der Waals surface area contributed by atoms with Gasteiger partial charge in [0.05, 0.1) is 6.54 Å². The van der Waals surface area contributed by atoms with Crippen LogP contribution in [0.4, 0.5) is 10.6 Å². The predicted molar refractivity (Wildman–Crippen MR) is 92.0 cm³/mol. The van der Waals surface area contributed by atoms with E-state index in [0.29, 0.717) is 12.4 Å². The molecule has 0 aromatic carbocycles. The minimum absolute atomic E-state index is 0.00950. The lowest BCUT2D eigenvalue weighted by Crippen LogP contribution is -2.57. The van der Waals surface area contributed by atoms with Crippen molar-refractivity contribution in [2.24, 2.45) is 0 Å². The van der Waals surface area contributed by atoms with Gasteiger partial charge in [-0.1, -0.05) is 0 Å². The SMILES string of the molecule is CNC(=O)c1ccc(N2CCC(NC(=O)OC(C)(C)C)(C(=O)O)C2)nn1. The van der Waals surface area contributed by atoms with E-state index >= 15 is 0 Å². The third-order valence-electron chi connectivity index (χ3n) is 3.85. The van der Waals surface area contributed by atoms with Crippen LogP contribution in [0.3, 0.4) is 0 Å². The van der Waals surface area contributed by atoms with Crippen LogP contribution in [0.5, 0.6) is 0 Å². The summed E-state index contributed by atoms with van der Waals surface area (Å²) < 4.78 is 5.17. The van der Waals surface area contributed by atoms with E-state index < -0.39 is 23.2 Å². The second kappa shape index (κ2) is 7.14. The fourth-order valence-corrected chi connectivity index (χ4v) is 2.58. The maximum absolute atomic E-state index is 12.0. The Bertz CT molecular complexity index is 700. The molecular weight excluding hydrogens is 342 g/mol. The average Bonchev–Trinajstić information content (AvgIpc) is 2.98. The van der Waals surface area contributed by atoms with Crippen LogP contribution in [0.15, 0.2) is 12.1 Å². The highest BCUT2D eigenvalue weighted by Gasteiger charge is 2.47. The highest BCUT2D eigenvalue weighted by molar-refractivity contribution is 5.92. The van der Waals surface area contributed by atoms with Gasteiger partial charge in [-0.2, -0.15) is 0 Å². The summed E-state index contributed by atoms with van der Waals surface area (Å²) in [5, 5.41) is 22.4. The van der Waals surface area contributed by atoms with Crippen LogP contribution >= 0.6 is 0 Å². The zero-order valence-electron chi connectivity index (χ0n) is 15.2. The number of alkyl carbamates (subject to hydrolysis) is 1. The number of anilines is 1. The Morgan fingerprint density at radius 1 is 1.27 bits per heavy atom. The van der Waals surface area contributed by atoms with Gasteiger partial charge in [0, 0.05) is 20.0 Å². The Hall–Kier alpha value is -2.91. The van der Waals surface area contributed by atoms with E-state index in [2.05, 4.69) is 20.8 Å². The van der Waals surface area contributed by atoms with Crippen LogP contribution in [0.1, 0.15) is 37.7 Å². The van der Waals surface area contributed by atoms with Crippen LogP contribution in [0.25, 0.3) is 0 Å². The summed E-state index contributed by atoms with van der Waals surface area (Å²) in [5.41, 5.74) is -2.06. The number of carbonyl (C=O) groups excluding carboxylic acids is 2. The van der Waals surface area contributed by atoms with Gasteiger partial charge >= 0.3 is 12.1 Å². The highest BCUT2D eigenvalue weighted by Crippen LogP contribution is 2.26. The lowest BCUT2D eigenvalue weighted by Gasteiger charge is -2.28. The molecule has 1 unspecified atom stereocenters.